The summed E-state index contributed by atoms with van der Waals surface area (Å²) in [6.45, 7) is 4.03. The van der Waals surface area contributed by atoms with Gasteiger partial charge in [0.15, 0.2) is 6.61 Å². The molecule has 1 fully saturated rings. The number of ether oxygens (including phenoxy) is 2. The summed E-state index contributed by atoms with van der Waals surface area (Å²) < 4.78 is 9.98. The van der Waals surface area contributed by atoms with Gasteiger partial charge in [-0.05, 0) is 39.2 Å². The second kappa shape index (κ2) is 8.64. The van der Waals surface area contributed by atoms with Gasteiger partial charge < -0.3 is 14.5 Å². The summed E-state index contributed by atoms with van der Waals surface area (Å²) in [5.41, 5.74) is 1.31. The zero-order valence-corrected chi connectivity index (χ0v) is 17.1. The lowest BCUT2D eigenvalue weighted by molar-refractivity contribution is -0.152. The molecule has 9 nitrogen and oxygen atoms in total. The molecule has 1 aromatic rings. The molecule has 2 atom stereocenters. The number of likely N-dealkylation sites (tertiary alicyclic amines) is 1. The Kier molecular flexibility index (Phi) is 6.19. The van der Waals surface area contributed by atoms with Crippen LogP contribution < -0.4 is 0 Å². The van der Waals surface area contributed by atoms with Crippen LogP contribution in [0.4, 0.5) is 0 Å². The molecular formula is C21H24N2O7. The largest absolute Gasteiger partial charge is 0.462 e. The van der Waals surface area contributed by atoms with E-state index in [1.807, 2.05) is 12.2 Å². The molecule has 9 heteroatoms. The van der Waals surface area contributed by atoms with E-state index in [0.29, 0.717) is 24.1 Å². The summed E-state index contributed by atoms with van der Waals surface area (Å²) in [7, 11) is 0. The van der Waals surface area contributed by atoms with E-state index in [1.165, 1.54) is 0 Å². The quantitative estimate of drug-likeness (QED) is 0.309. The highest BCUT2D eigenvalue weighted by atomic mass is 16.5. The van der Waals surface area contributed by atoms with E-state index < -0.39 is 42.7 Å². The molecule has 30 heavy (non-hydrogen) atoms. The first kappa shape index (κ1) is 21.5. The molecule has 1 aromatic heterocycles. The van der Waals surface area contributed by atoms with Crippen molar-refractivity contribution in [2.75, 3.05) is 19.8 Å². The van der Waals surface area contributed by atoms with E-state index in [9.17, 15) is 24.0 Å². The maximum Gasteiger partial charge on any atom is 0.340 e. The van der Waals surface area contributed by atoms with Crippen molar-refractivity contribution in [3.8, 4) is 0 Å². The van der Waals surface area contributed by atoms with Crippen molar-refractivity contribution in [1.29, 1.82) is 0 Å². The number of carbonyl (C=O) groups is 5. The highest BCUT2D eigenvalue weighted by molar-refractivity contribution is 6.07. The number of esters is 2. The maximum absolute atomic E-state index is 12.5. The molecule has 2 aliphatic rings. The number of carbonyl (C=O) groups excluding carboxylic acids is 5. The lowest BCUT2D eigenvalue weighted by atomic mass is 9.85. The van der Waals surface area contributed by atoms with E-state index in [1.54, 1.807) is 20.8 Å². The van der Waals surface area contributed by atoms with E-state index in [2.05, 4.69) is 4.98 Å². The highest BCUT2D eigenvalue weighted by Crippen LogP contribution is 2.34. The number of ketones is 1. The number of Topliss-reactive ketones (excluding diaryl/α,β-unsaturated/α-hetero) is 1. The molecule has 3 rings (SSSR count). The van der Waals surface area contributed by atoms with Crippen LogP contribution >= 0.6 is 0 Å². The monoisotopic (exact) mass is 416 g/mol. The Balaban J connectivity index is 1.60. The fourth-order valence-electron chi connectivity index (χ4n) is 3.96. The summed E-state index contributed by atoms with van der Waals surface area (Å²) in [4.78, 5) is 65.2. The lowest BCUT2D eigenvalue weighted by Gasteiger charge is -2.14. The highest BCUT2D eigenvalue weighted by Gasteiger charge is 2.47. The van der Waals surface area contributed by atoms with Gasteiger partial charge in [-0.3, -0.25) is 24.1 Å². The Bertz CT molecular complexity index is 917. The van der Waals surface area contributed by atoms with Gasteiger partial charge in [-0.15, -0.1) is 0 Å². The number of aromatic nitrogens is 1. The molecule has 0 bridgehead atoms. The minimum absolute atomic E-state index is 0.147. The number of rotatable bonds is 7. The van der Waals surface area contributed by atoms with Crippen molar-refractivity contribution in [3.05, 3.63) is 34.7 Å². The number of amides is 2. The number of imide groups is 1. The molecule has 0 saturated carbocycles. The molecule has 2 amide bonds. The van der Waals surface area contributed by atoms with Crippen LogP contribution in [-0.4, -0.2) is 59.2 Å². The van der Waals surface area contributed by atoms with Gasteiger partial charge in [-0.2, -0.15) is 0 Å². The standard InChI is InChI=1S/C21H24N2O7/c1-4-29-21(28)17-11(2)18(22-12(17)3)15(24)10-30-16(25)9-23-19(26)13-7-5-6-8-14(13)20(23)27/h5-6,13-14,22H,4,7-10H2,1-3H3/t13-,14+. The average molecular weight is 416 g/mol. The molecule has 0 aromatic carbocycles. The Morgan fingerprint density at radius 3 is 2.23 bits per heavy atom. The number of nitrogens with zero attached hydrogens (tertiary/aromatic N) is 1. The van der Waals surface area contributed by atoms with Gasteiger partial charge in [-0.25, -0.2) is 4.79 Å². The van der Waals surface area contributed by atoms with E-state index in [4.69, 9.17) is 9.47 Å². The third-order valence-corrected chi connectivity index (χ3v) is 5.45. The van der Waals surface area contributed by atoms with Gasteiger partial charge in [0.05, 0.1) is 29.7 Å². The van der Waals surface area contributed by atoms with Gasteiger partial charge in [0.25, 0.3) is 0 Å². The number of aromatic amines is 1. The van der Waals surface area contributed by atoms with Gasteiger partial charge in [0.1, 0.15) is 6.54 Å². The van der Waals surface area contributed by atoms with Gasteiger partial charge in [0, 0.05) is 5.69 Å². The van der Waals surface area contributed by atoms with E-state index in [-0.39, 0.29) is 29.7 Å². The van der Waals surface area contributed by atoms with Crippen LogP contribution in [0.25, 0.3) is 0 Å². The molecule has 0 radical (unpaired) electrons. The van der Waals surface area contributed by atoms with Crippen molar-refractivity contribution in [2.24, 2.45) is 11.8 Å². The first-order valence-corrected chi connectivity index (χ1v) is 9.81. The summed E-state index contributed by atoms with van der Waals surface area (Å²) >= 11 is 0. The molecule has 1 saturated heterocycles. The Hall–Kier alpha value is -3.23. The number of nitrogens with one attached hydrogen (secondary N) is 1. The predicted molar refractivity (Wildman–Crippen MR) is 104 cm³/mol. The maximum atomic E-state index is 12.5. The normalized spacial score (nSPS) is 20.3. The fraction of sp³-hybridized carbons (Fsp3) is 0.476. The predicted octanol–water partition coefficient (Wildman–Crippen LogP) is 1.49. The van der Waals surface area contributed by atoms with E-state index in [0.717, 1.165) is 4.90 Å². The molecule has 1 aliphatic heterocycles. The molecule has 1 N–H and O–H groups in total. The van der Waals surface area contributed by atoms with Crippen molar-refractivity contribution < 1.29 is 33.4 Å². The smallest absolute Gasteiger partial charge is 0.340 e. The number of H-pyrrole nitrogens is 1. The van der Waals surface area contributed by atoms with Crippen molar-refractivity contribution in [1.82, 2.24) is 9.88 Å². The van der Waals surface area contributed by atoms with Crippen LogP contribution in [0.5, 0.6) is 0 Å². The van der Waals surface area contributed by atoms with Crippen LogP contribution in [0.2, 0.25) is 0 Å². The Morgan fingerprint density at radius 2 is 1.67 bits per heavy atom. The topological polar surface area (TPSA) is 123 Å². The first-order valence-electron chi connectivity index (χ1n) is 9.81. The van der Waals surface area contributed by atoms with Crippen LogP contribution in [0, 0.1) is 25.7 Å². The molecular weight excluding hydrogens is 392 g/mol. The fourth-order valence-corrected chi connectivity index (χ4v) is 3.96. The van der Waals surface area contributed by atoms with Crippen LogP contribution in [0.3, 0.4) is 0 Å². The SMILES string of the molecule is CCOC(=O)c1c(C)[nH]c(C(=O)COC(=O)CN2C(=O)[C@H]3CC=CC[C@H]3C2=O)c1C. The number of aryl methyl sites for hydroxylation is 1. The number of fused-ring (bicyclic) bond motifs is 1. The van der Waals surface area contributed by atoms with Crippen LogP contribution in [0.15, 0.2) is 12.2 Å². The zero-order valence-electron chi connectivity index (χ0n) is 17.1. The average Bonchev–Trinajstić information content (AvgIpc) is 3.15. The first-order chi connectivity index (χ1) is 14.3. The lowest BCUT2D eigenvalue weighted by Crippen LogP contribution is -2.37. The molecule has 1 aliphatic carbocycles. The molecule has 160 valence electrons. The second-order valence-electron chi connectivity index (χ2n) is 7.35. The summed E-state index contributed by atoms with van der Waals surface area (Å²) in [6.07, 6.45) is 4.68. The van der Waals surface area contributed by atoms with Crippen molar-refractivity contribution in [2.45, 2.75) is 33.6 Å². The summed E-state index contributed by atoms with van der Waals surface area (Å²) in [5, 5.41) is 0. The Labute approximate surface area is 173 Å². The van der Waals surface area contributed by atoms with Crippen molar-refractivity contribution >= 4 is 29.5 Å². The number of hydrogen-bond acceptors (Lipinski definition) is 7. The van der Waals surface area contributed by atoms with Crippen LogP contribution in [0.1, 0.15) is 51.9 Å². The molecule has 0 unspecified atom stereocenters. The van der Waals surface area contributed by atoms with Crippen LogP contribution in [-0.2, 0) is 23.9 Å². The summed E-state index contributed by atoms with van der Waals surface area (Å²) in [6, 6.07) is 0. The van der Waals surface area contributed by atoms with E-state index >= 15 is 0 Å². The third-order valence-electron chi connectivity index (χ3n) is 5.45. The third kappa shape index (κ3) is 3.92. The number of allylic oxidation sites excluding steroid dienone is 2. The molecule has 2 heterocycles. The van der Waals surface area contributed by atoms with Gasteiger partial charge >= 0.3 is 11.9 Å². The van der Waals surface area contributed by atoms with Crippen molar-refractivity contribution in [3.63, 3.8) is 0 Å². The molecule has 0 spiro atoms. The van der Waals surface area contributed by atoms with Gasteiger partial charge in [-0.1, -0.05) is 12.2 Å². The summed E-state index contributed by atoms with van der Waals surface area (Å²) in [5.74, 6) is -3.54. The minimum Gasteiger partial charge on any atom is -0.462 e. The zero-order chi connectivity index (χ0) is 22.0. The number of hydrogen-bond donors (Lipinski definition) is 1. The van der Waals surface area contributed by atoms with Gasteiger partial charge in [0.2, 0.25) is 17.6 Å². The Morgan fingerprint density at radius 1 is 1.07 bits per heavy atom. The second-order valence-corrected chi connectivity index (χ2v) is 7.35. The minimum atomic E-state index is -0.844.